The molecule has 4 rings (SSSR count). The molecule has 0 bridgehead atoms. The highest BCUT2D eigenvalue weighted by Crippen LogP contribution is 2.42. The van der Waals surface area contributed by atoms with Gasteiger partial charge in [0.25, 0.3) is 20.1 Å². The fourth-order valence-electron chi connectivity index (χ4n) is 3.33. The minimum atomic E-state index is -4.77. The molecule has 2 aromatic carbocycles. The quantitative estimate of drug-likeness (QED) is 0.241. The maximum atomic E-state index is 15.8. The lowest BCUT2D eigenvalue weighted by Gasteiger charge is -2.14. The van der Waals surface area contributed by atoms with Crippen molar-refractivity contribution in [3.63, 3.8) is 0 Å². The summed E-state index contributed by atoms with van der Waals surface area (Å²) in [5.41, 5.74) is -0.104. The van der Waals surface area contributed by atoms with Gasteiger partial charge in [0, 0.05) is 24.2 Å². The Bertz CT molecular complexity index is 1760. The third kappa shape index (κ3) is 8.00. The highest BCUT2D eigenvalue weighted by Gasteiger charge is 2.28. The first-order valence-corrected chi connectivity index (χ1v) is 15.8. The Morgan fingerprint density at radius 3 is 2.07 bits per heavy atom. The Kier molecular flexibility index (Phi) is 9.42. The van der Waals surface area contributed by atoms with Crippen LogP contribution in [0.3, 0.4) is 0 Å². The number of sulfonamides is 1. The van der Waals surface area contributed by atoms with Gasteiger partial charge in [-0.3, -0.25) is 9.27 Å². The lowest BCUT2D eigenvalue weighted by atomic mass is 9.98. The third-order valence-electron chi connectivity index (χ3n) is 5.07. The van der Waals surface area contributed by atoms with Crippen LogP contribution >= 0.6 is 11.3 Å². The molecular formula is C25H26F3N5O5S3. The third-order valence-corrected chi connectivity index (χ3v) is 7.99. The molecule has 0 aliphatic heterocycles. The molecule has 10 nitrogen and oxygen atoms in total. The molecule has 0 unspecified atom stereocenters. The largest absolute Gasteiger partial charge is 0.357 e. The number of halogens is 3. The van der Waals surface area contributed by atoms with Gasteiger partial charge in [-0.25, -0.2) is 36.5 Å². The van der Waals surface area contributed by atoms with Gasteiger partial charge in [-0.15, -0.1) is 11.3 Å². The van der Waals surface area contributed by atoms with E-state index in [1.165, 1.54) is 23.5 Å². The van der Waals surface area contributed by atoms with Gasteiger partial charge in [0.1, 0.15) is 11.6 Å². The Morgan fingerprint density at radius 2 is 1.51 bits per heavy atom. The van der Waals surface area contributed by atoms with Crippen LogP contribution in [-0.2, 0) is 25.6 Å². The van der Waals surface area contributed by atoms with Crippen molar-refractivity contribution in [1.82, 2.24) is 15.0 Å². The first-order valence-electron chi connectivity index (χ1n) is 11.6. The zero-order chi connectivity index (χ0) is 30.8. The van der Waals surface area contributed by atoms with Crippen molar-refractivity contribution in [1.29, 1.82) is 0 Å². The first-order chi connectivity index (χ1) is 18.9. The molecule has 2 aromatic heterocycles. The molecule has 41 heavy (non-hydrogen) atoms. The zero-order valence-corrected chi connectivity index (χ0v) is 24.8. The average Bonchev–Trinajstić information content (AvgIpc) is 3.30. The summed E-state index contributed by atoms with van der Waals surface area (Å²) in [6.07, 6.45) is 2.27. The predicted molar refractivity (Wildman–Crippen MR) is 151 cm³/mol. The van der Waals surface area contributed by atoms with E-state index in [2.05, 4.69) is 20.3 Å². The topological polar surface area (TPSA) is 151 Å². The lowest BCUT2D eigenvalue weighted by Crippen LogP contribution is -2.17. The molecule has 0 spiro atoms. The summed E-state index contributed by atoms with van der Waals surface area (Å²) in [5.74, 6) is -3.18. The summed E-state index contributed by atoms with van der Waals surface area (Å²) in [6.45, 7) is 5.88. The van der Waals surface area contributed by atoms with Crippen LogP contribution in [0.4, 0.5) is 24.8 Å². The molecule has 0 amide bonds. The standard InChI is InChI=1S/C24H22F3N5O2S2.CH4O3S/c1-24(2,3)22-31-19(20(35-22)17-11-12-29-23(28-4)30-17)13-7-5-10-16(18(13)27)32-36(33,34)21-14(25)8-6-9-15(21)26;1-5(2,3)4/h5-12,32H,1-4H3,(H,28,29,30);1H3,(H,2,3,4). The van der Waals surface area contributed by atoms with Gasteiger partial charge < -0.3 is 5.32 Å². The summed E-state index contributed by atoms with van der Waals surface area (Å²) in [5, 5.41) is 3.56. The molecule has 0 atom stereocenters. The summed E-state index contributed by atoms with van der Waals surface area (Å²) in [4.78, 5) is 12.6. The van der Waals surface area contributed by atoms with Gasteiger partial charge in [-0.2, -0.15) is 8.42 Å². The highest BCUT2D eigenvalue weighted by atomic mass is 32.2. The summed E-state index contributed by atoms with van der Waals surface area (Å²) >= 11 is 1.33. The number of nitrogens with one attached hydrogen (secondary N) is 2. The van der Waals surface area contributed by atoms with Crippen molar-refractivity contribution in [2.24, 2.45) is 0 Å². The summed E-state index contributed by atoms with van der Waals surface area (Å²) < 4.78 is 97.3. The van der Waals surface area contributed by atoms with Gasteiger partial charge in [0.15, 0.2) is 10.7 Å². The summed E-state index contributed by atoms with van der Waals surface area (Å²) in [7, 11) is -6.77. The SMILES string of the molecule is CNc1nccc(-c2sc(C(C)(C)C)nc2-c2cccc(NS(=O)(=O)c3c(F)cccc3F)c2F)n1.CS(=O)(=O)O. The Labute approximate surface area is 239 Å². The number of aromatic nitrogens is 3. The van der Waals surface area contributed by atoms with E-state index in [4.69, 9.17) is 4.55 Å². The number of benzene rings is 2. The predicted octanol–water partition coefficient (Wildman–Crippen LogP) is 5.33. The number of thiazole rings is 1. The van der Waals surface area contributed by atoms with E-state index in [0.717, 1.165) is 24.3 Å². The molecule has 0 radical (unpaired) electrons. The Balaban J connectivity index is 0.000000850. The van der Waals surface area contributed by atoms with E-state index >= 15 is 4.39 Å². The van der Waals surface area contributed by atoms with Crippen LogP contribution in [-0.4, -0.2) is 49.6 Å². The van der Waals surface area contributed by atoms with E-state index in [-0.39, 0.29) is 16.7 Å². The molecule has 220 valence electrons. The van der Waals surface area contributed by atoms with E-state index in [1.807, 2.05) is 25.5 Å². The van der Waals surface area contributed by atoms with Crippen LogP contribution in [0.5, 0.6) is 0 Å². The second kappa shape index (κ2) is 12.1. The first kappa shape index (κ1) is 31.9. The van der Waals surface area contributed by atoms with Gasteiger partial charge in [0.05, 0.1) is 33.2 Å². The van der Waals surface area contributed by atoms with Gasteiger partial charge in [-0.1, -0.05) is 32.9 Å². The van der Waals surface area contributed by atoms with Gasteiger partial charge in [-0.05, 0) is 30.3 Å². The number of anilines is 2. The van der Waals surface area contributed by atoms with Crippen LogP contribution in [0, 0.1) is 17.5 Å². The zero-order valence-electron chi connectivity index (χ0n) is 22.4. The van der Waals surface area contributed by atoms with Crippen LogP contribution in [0.2, 0.25) is 0 Å². The molecule has 0 aliphatic rings. The lowest BCUT2D eigenvalue weighted by molar-refractivity contribution is 0.490. The van der Waals surface area contributed by atoms with Crippen molar-refractivity contribution in [2.75, 3.05) is 23.3 Å². The number of rotatable bonds is 6. The molecule has 3 N–H and O–H groups in total. The van der Waals surface area contributed by atoms with E-state index < -0.39 is 48.2 Å². The second-order valence-electron chi connectivity index (χ2n) is 9.52. The van der Waals surface area contributed by atoms with Gasteiger partial charge in [0.2, 0.25) is 5.95 Å². The van der Waals surface area contributed by atoms with Crippen molar-refractivity contribution < 1.29 is 34.6 Å². The van der Waals surface area contributed by atoms with Crippen molar-refractivity contribution >= 4 is 43.1 Å². The molecule has 4 aromatic rings. The minimum Gasteiger partial charge on any atom is -0.357 e. The maximum Gasteiger partial charge on any atom is 0.267 e. The Morgan fingerprint density at radius 1 is 0.927 bits per heavy atom. The molecule has 16 heteroatoms. The maximum absolute atomic E-state index is 15.8. The fourth-order valence-corrected chi connectivity index (χ4v) is 5.64. The molecular weight excluding hydrogens is 604 g/mol. The summed E-state index contributed by atoms with van der Waals surface area (Å²) in [6, 6.07) is 8.34. The van der Waals surface area contributed by atoms with E-state index in [9.17, 15) is 25.6 Å². The number of hydrogen-bond acceptors (Lipinski definition) is 9. The van der Waals surface area contributed by atoms with Crippen molar-refractivity contribution in [2.45, 2.75) is 31.1 Å². The molecule has 0 saturated heterocycles. The van der Waals surface area contributed by atoms with Crippen molar-refractivity contribution in [3.8, 4) is 21.8 Å². The fraction of sp³-hybridized carbons (Fsp3) is 0.240. The monoisotopic (exact) mass is 629 g/mol. The number of nitrogens with zero attached hydrogens (tertiary/aromatic N) is 3. The second-order valence-corrected chi connectivity index (χ2v) is 13.6. The van der Waals surface area contributed by atoms with Crippen LogP contribution in [0.15, 0.2) is 53.6 Å². The van der Waals surface area contributed by atoms with Crippen LogP contribution < -0.4 is 10.0 Å². The Hall–Kier alpha value is -3.60. The molecule has 0 aliphatic carbocycles. The highest BCUT2D eigenvalue weighted by molar-refractivity contribution is 7.92. The van der Waals surface area contributed by atoms with E-state index in [0.29, 0.717) is 27.8 Å². The van der Waals surface area contributed by atoms with Crippen LogP contribution in [0.1, 0.15) is 25.8 Å². The normalized spacial score (nSPS) is 11.9. The van der Waals surface area contributed by atoms with Gasteiger partial charge >= 0.3 is 0 Å². The van der Waals surface area contributed by atoms with Crippen LogP contribution in [0.25, 0.3) is 21.8 Å². The average molecular weight is 630 g/mol. The molecule has 0 saturated carbocycles. The van der Waals surface area contributed by atoms with Crippen molar-refractivity contribution in [3.05, 3.63) is 71.1 Å². The van der Waals surface area contributed by atoms with E-state index in [1.54, 1.807) is 19.3 Å². The molecule has 0 fully saturated rings. The molecule has 2 heterocycles. The minimum absolute atomic E-state index is 0.00410. The smallest absolute Gasteiger partial charge is 0.267 e. The number of hydrogen-bond donors (Lipinski definition) is 3.